The van der Waals surface area contributed by atoms with Crippen LogP contribution in [0.1, 0.15) is 84.0 Å². The summed E-state index contributed by atoms with van der Waals surface area (Å²) in [5, 5.41) is 41.1. The highest BCUT2D eigenvalue weighted by atomic mass is 16.3. The van der Waals surface area contributed by atoms with Gasteiger partial charge in [0, 0.05) is 10.8 Å². The minimum absolute atomic E-state index is 0.281. The zero-order chi connectivity index (χ0) is 29.2. The average molecular weight is 539 g/mol. The molecular weight excluding hydrogens is 496 g/mol. The molecule has 0 radical (unpaired) electrons. The number of aromatic hydroxyl groups is 4. The van der Waals surface area contributed by atoms with Crippen LogP contribution in [0.25, 0.3) is 0 Å². The zero-order valence-corrected chi connectivity index (χ0v) is 24.5. The third-order valence-corrected chi connectivity index (χ3v) is 9.05. The molecule has 0 unspecified atom stereocenters. The van der Waals surface area contributed by atoms with Crippen LogP contribution in [0.2, 0.25) is 0 Å². The lowest BCUT2D eigenvalue weighted by atomic mass is 9.66. The predicted octanol–water partition coefficient (Wildman–Crippen LogP) is 8.62. The highest BCUT2D eigenvalue weighted by Gasteiger charge is 2.36. The Balaban J connectivity index is 1.79. The van der Waals surface area contributed by atoms with Crippen LogP contribution in [-0.4, -0.2) is 20.4 Å². The van der Waals surface area contributed by atoms with Crippen molar-refractivity contribution in [3.8, 4) is 23.0 Å². The van der Waals surface area contributed by atoms with Crippen LogP contribution >= 0.6 is 0 Å². The van der Waals surface area contributed by atoms with E-state index >= 15 is 0 Å². The number of rotatable bonds is 9. The van der Waals surface area contributed by atoms with Crippen molar-refractivity contribution >= 4 is 0 Å². The number of hydrogen-bond acceptors (Lipinski definition) is 4. The Morgan fingerprint density at radius 2 is 0.825 bits per heavy atom. The number of phenols is 4. The van der Waals surface area contributed by atoms with Gasteiger partial charge in [0.2, 0.25) is 0 Å². The topological polar surface area (TPSA) is 80.9 Å². The van der Waals surface area contributed by atoms with E-state index in [2.05, 4.69) is 38.1 Å². The molecule has 40 heavy (non-hydrogen) atoms. The van der Waals surface area contributed by atoms with Crippen molar-refractivity contribution in [3.63, 3.8) is 0 Å². The summed E-state index contributed by atoms with van der Waals surface area (Å²) >= 11 is 0. The van der Waals surface area contributed by atoms with Crippen LogP contribution in [0.4, 0.5) is 0 Å². The molecule has 0 aromatic heterocycles. The summed E-state index contributed by atoms with van der Waals surface area (Å²) < 4.78 is 0. The van der Waals surface area contributed by atoms with Crippen molar-refractivity contribution in [3.05, 3.63) is 117 Å². The van der Waals surface area contributed by atoms with Gasteiger partial charge in [-0.05, 0) is 116 Å². The summed E-state index contributed by atoms with van der Waals surface area (Å²) in [6, 6.07) is 23.5. The second-order valence-corrected chi connectivity index (χ2v) is 11.6. The summed E-state index contributed by atoms with van der Waals surface area (Å²) in [5.41, 5.74) is 7.23. The van der Waals surface area contributed by atoms with Gasteiger partial charge in [-0.15, -0.1) is 0 Å². The lowest BCUT2D eigenvalue weighted by Gasteiger charge is -2.38. The van der Waals surface area contributed by atoms with Crippen molar-refractivity contribution in [1.29, 1.82) is 0 Å². The molecule has 4 aromatic carbocycles. The van der Waals surface area contributed by atoms with E-state index in [1.54, 1.807) is 24.3 Å². The molecule has 0 bridgehead atoms. The van der Waals surface area contributed by atoms with Crippen LogP contribution in [0.15, 0.2) is 72.8 Å². The third kappa shape index (κ3) is 5.40. The smallest absolute Gasteiger partial charge is 0.118 e. The summed E-state index contributed by atoms with van der Waals surface area (Å²) in [7, 11) is 0. The highest BCUT2D eigenvalue weighted by molar-refractivity contribution is 5.49. The van der Waals surface area contributed by atoms with Gasteiger partial charge in [-0.25, -0.2) is 0 Å². The van der Waals surface area contributed by atoms with Gasteiger partial charge in [0.05, 0.1) is 0 Å². The second kappa shape index (κ2) is 11.3. The van der Waals surface area contributed by atoms with Crippen LogP contribution in [0, 0.1) is 27.7 Å². The van der Waals surface area contributed by atoms with E-state index in [4.69, 9.17) is 0 Å². The fourth-order valence-electron chi connectivity index (χ4n) is 6.14. The lowest BCUT2D eigenvalue weighted by molar-refractivity contribution is 0.393. The Morgan fingerprint density at radius 1 is 0.500 bits per heavy atom. The van der Waals surface area contributed by atoms with E-state index in [0.717, 1.165) is 70.2 Å². The molecule has 0 fully saturated rings. The second-order valence-electron chi connectivity index (χ2n) is 11.6. The van der Waals surface area contributed by atoms with E-state index in [0.29, 0.717) is 0 Å². The molecule has 0 saturated heterocycles. The van der Waals surface area contributed by atoms with Crippen molar-refractivity contribution in [2.24, 2.45) is 0 Å². The van der Waals surface area contributed by atoms with E-state index in [1.165, 1.54) is 0 Å². The van der Waals surface area contributed by atoms with Gasteiger partial charge in [-0.2, -0.15) is 0 Å². The largest absolute Gasteiger partial charge is 0.508 e. The van der Waals surface area contributed by atoms with E-state index in [9.17, 15) is 20.4 Å². The Bertz CT molecular complexity index is 1410. The van der Waals surface area contributed by atoms with E-state index in [1.807, 2.05) is 52.0 Å². The Hall–Kier alpha value is -3.92. The van der Waals surface area contributed by atoms with Crippen molar-refractivity contribution in [1.82, 2.24) is 0 Å². The zero-order valence-electron chi connectivity index (χ0n) is 24.5. The molecule has 4 nitrogen and oxygen atoms in total. The van der Waals surface area contributed by atoms with Gasteiger partial charge in [-0.3, -0.25) is 0 Å². The Labute approximate surface area is 238 Å². The number of aryl methyl sites for hydroxylation is 4. The molecule has 0 aliphatic carbocycles. The molecule has 0 spiro atoms. The highest BCUT2D eigenvalue weighted by Crippen LogP contribution is 2.45. The Morgan fingerprint density at radius 3 is 1.15 bits per heavy atom. The van der Waals surface area contributed by atoms with Crippen molar-refractivity contribution in [2.45, 2.75) is 78.1 Å². The molecule has 4 N–H and O–H groups in total. The Kier molecular flexibility index (Phi) is 8.20. The number of hydrogen-bond donors (Lipinski definition) is 4. The molecule has 4 heteroatoms. The van der Waals surface area contributed by atoms with E-state index in [-0.39, 0.29) is 33.8 Å². The summed E-state index contributed by atoms with van der Waals surface area (Å²) in [5.74, 6) is 1.13. The van der Waals surface area contributed by atoms with Crippen LogP contribution < -0.4 is 0 Å². The summed E-state index contributed by atoms with van der Waals surface area (Å²) in [4.78, 5) is 0. The first-order valence-corrected chi connectivity index (χ1v) is 14.1. The van der Waals surface area contributed by atoms with Crippen LogP contribution in [0.3, 0.4) is 0 Å². The van der Waals surface area contributed by atoms with Gasteiger partial charge in [0.25, 0.3) is 0 Å². The molecule has 4 rings (SSSR count). The standard InChI is InChI=1S/C36H42O4/c1-7-36(29-11-15-33(39)25(4)21-29,30-12-16-34(40)26(5)22-30)18-8-17-35(6,27-9-13-31(37)23(2)19-27)28-10-14-32(38)24(3)20-28/h9-16,19-22,37-40H,7-8,17-18H2,1-6H3. The molecule has 0 amide bonds. The first-order valence-electron chi connectivity index (χ1n) is 14.1. The predicted molar refractivity (Wildman–Crippen MR) is 163 cm³/mol. The van der Waals surface area contributed by atoms with Gasteiger partial charge < -0.3 is 20.4 Å². The molecule has 0 atom stereocenters. The van der Waals surface area contributed by atoms with Crippen LogP contribution in [-0.2, 0) is 10.8 Å². The molecule has 4 aromatic rings. The van der Waals surface area contributed by atoms with Gasteiger partial charge in [0.15, 0.2) is 0 Å². The van der Waals surface area contributed by atoms with Gasteiger partial charge in [0.1, 0.15) is 23.0 Å². The maximum atomic E-state index is 10.3. The lowest BCUT2D eigenvalue weighted by Crippen LogP contribution is -2.29. The van der Waals surface area contributed by atoms with Crippen LogP contribution in [0.5, 0.6) is 23.0 Å². The minimum Gasteiger partial charge on any atom is -0.508 e. The normalized spacial score (nSPS) is 12.1. The maximum Gasteiger partial charge on any atom is 0.118 e. The first kappa shape index (κ1) is 29.1. The average Bonchev–Trinajstić information content (AvgIpc) is 2.93. The summed E-state index contributed by atoms with van der Waals surface area (Å²) in [6.45, 7) is 12.1. The molecule has 210 valence electrons. The minimum atomic E-state index is -0.355. The fourth-order valence-corrected chi connectivity index (χ4v) is 6.14. The maximum absolute atomic E-state index is 10.3. The number of phenolic OH excluding ortho intramolecular Hbond substituents is 4. The van der Waals surface area contributed by atoms with Gasteiger partial charge >= 0.3 is 0 Å². The molecular formula is C36H42O4. The van der Waals surface area contributed by atoms with Gasteiger partial charge in [-0.1, -0.05) is 68.8 Å². The van der Waals surface area contributed by atoms with Crippen molar-refractivity contribution < 1.29 is 20.4 Å². The molecule has 0 saturated carbocycles. The SMILES string of the molecule is CCC(CCCC(C)(c1ccc(O)c(C)c1)c1ccc(O)c(C)c1)(c1ccc(O)c(C)c1)c1ccc(O)c(C)c1. The first-order chi connectivity index (χ1) is 18.9. The molecule has 0 aliphatic heterocycles. The molecule has 0 aliphatic rings. The van der Waals surface area contributed by atoms with Crippen molar-refractivity contribution in [2.75, 3.05) is 0 Å². The fraction of sp³-hybridized carbons (Fsp3) is 0.333. The van der Waals surface area contributed by atoms with E-state index < -0.39 is 0 Å². The quantitative estimate of drug-likeness (QED) is 0.172. The number of benzene rings is 4. The molecule has 0 heterocycles. The monoisotopic (exact) mass is 538 g/mol. The summed E-state index contributed by atoms with van der Waals surface area (Å²) in [6.07, 6.45) is 3.46. The third-order valence-electron chi connectivity index (χ3n) is 9.05.